The van der Waals surface area contributed by atoms with Gasteiger partial charge in [-0.3, -0.25) is 0 Å². The lowest BCUT2D eigenvalue weighted by atomic mass is 10.2. The van der Waals surface area contributed by atoms with Gasteiger partial charge in [0.25, 0.3) is 0 Å². The van der Waals surface area contributed by atoms with Crippen molar-refractivity contribution in [3.63, 3.8) is 0 Å². The van der Waals surface area contributed by atoms with Crippen molar-refractivity contribution in [1.82, 2.24) is 0 Å². The lowest BCUT2D eigenvalue weighted by Gasteiger charge is -2.20. The summed E-state index contributed by atoms with van der Waals surface area (Å²) in [6.07, 6.45) is 8.37. The quantitative estimate of drug-likeness (QED) is 0.545. The molecule has 1 aliphatic rings. The molecule has 17 heavy (non-hydrogen) atoms. The van der Waals surface area contributed by atoms with Crippen molar-refractivity contribution in [3.8, 4) is 12.0 Å². The molecule has 0 aromatic heterocycles. The van der Waals surface area contributed by atoms with Crippen LogP contribution in [-0.4, -0.2) is 21.0 Å². The molecule has 98 valence electrons. The van der Waals surface area contributed by atoms with Gasteiger partial charge < -0.3 is 9.47 Å². The molecule has 0 aromatic carbocycles. The maximum atomic E-state index is 5.45. The molecular formula is C14H26O2Si. The zero-order chi connectivity index (χ0) is 12.6. The molecule has 0 spiro atoms. The third-order valence-electron chi connectivity index (χ3n) is 3.25. The van der Waals surface area contributed by atoms with Gasteiger partial charge in [0.1, 0.15) is 6.11 Å². The van der Waals surface area contributed by atoms with Gasteiger partial charge in [-0.1, -0.05) is 38.4 Å². The van der Waals surface area contributed by atoms with Crippen molar-refractivity contribution in [2.45, 2.75) is 70.5 Å². The second kappa shape index (κ2) is 7.78. The highest BCUT2D eigenvalue weighted by molar-refractivity contribution is 6.77. The summed E-state index contributed by atoms with van der Waals surface area (Å²) in [5, 5.41) is 0. The molecule has 0 aromatic rings. The Morgan fingerprint density at radius 1 is 1.29 bits per heavy atom. The highest BCUT2D eigenvalue weighted by Crippen LogP contribution is 2.18. The molecule has 0 bridgehead atoms. The van der Waals surface area contributed by atoms with Crippen molar-refractivity contribution in [2.24, 2.45) is 0 Å². The molecule has 1 aliphatic heterocycles. The minimum absolute atomic E-state index is 0.0721. The van der Waals surface area contributed by atoms with E-state index in [2.05, 4.69) is 32.0 Å². The van der Waals surface area contributed by atoms with E-state index < -0.39 is 8.07 Å². The van der Waals surface area contributed by atoms with Crippen LogP contribution in [0.1, 0.15) is 39.0 Å². The van der Waals surface area contributed by atoms with Crippen LogP contribution in [0, 0.1) is 12.0 Å². The van der Waals surface area contributed by atoms with Gasteiger partial charge in [0.15, 0.2) is 0 Å². The standard InChI is InChI=1S/C14H26O2Si/c1-4-12-17(2,3)13-8-7-11-16-14-9-5-6-10-15-14/h14H,4-6,8-10,12-13H2,1-3H3. The normalized spacial score (nSPS) is 20.5. The first-order valence-corrected chi connectivity index (χ1v) is 10.3. The van der Waals surface area contributed by atoms with Gasteiger partial charge in [0, 0.05) is 20.9 Å². The molecule has 0 aliphatic carbocycles. The Hall–Kier alpha value is -0.463. The zero-order valence-corrected chi connectivity index (χ0v) is 12.6. The zero-order valence-electron chi connectivity index (χ0n) is 11.6. The average molecular weight is 254 g/mol. The second-order valence-corrected chi connectivity index (χ2v) is 10.9. The van der Waals surface area contributed by atoms with E-state index >= 15 is 0 Å². The summed E-state index contributed by atoms with van der Waals surface area (Å²) < 4.78 is 10.8. The number of hydrogen-bond acceptors (Lipinski definition) is 2. The van der Waals surface area contributed by atoms with Crippen molar-refractivity contribution in [1.29, 1.82) is 0 Å². The third kappa shape index (κ3) is 6.75. The molecule has 0 amide bonds. The summed E-state index contributed by atoms with van der Waals surface area (Å²) in [7, 11) is -0.982. The molecule has 0 radical (unpaired) electrons. The monoisotopic (exact) mass is 254 g/mol. The van der Waals surface area contributed by atoms with E-state index in [1.165, 1.54) is 24.9 Å². The smallest absolute Gasteiger partial charge is 0.210 e. The summed E-state index contributed by atoms with van der Waals surface area (Å²) in [5.74, 6) is 3.13. The van der Waals surface area contributed by atoms with E-state index in [1.807, 2.05) is 0 Å². The molecule has 1 heterocycles. The minimum atomic E-state index is -0.982. The van der Waals surface area contributed by atoms with Crippen LogP contribution in [0.15, 0.2) is 0 Å². The van der Waals surface area contributed by atoms with E-state index in [4.69, 9.17) is 9.47 Å². The number of hydrogen-bond donors (Lipinski definition) is 0. The summed E-state index contributed by atoms with van der Waals surface area (Å²) in [6.45, 7) is 7.99. The third-order valence-corrected chi connectivity index (χ3v) is 6.71. The Morgan fingerprint density at radius 3 is 2.76 bits per heavy atom. The molecule has 1 saturated heterocycles. The summed E-state index contributed by atoms with van der Waals surface area (Å²) >= 11 is 0. The molecule has 1 atom stereocenters. The van der Waals surface area contributed by atoms with Crippen LogP contribution in [0.25, 0.3) is 0 Å². The topological polar surface area (TPSA) is 18.5 Å². The van der Waals surface area contributed by atoms with E-state index in [-0.39, 0.29) is 6.29 Å². The first-order chi connectivity index (χ1) is 8.14. The van der Waals surface area contributed by atoms with Crippen LogP contribution in [0.5, 0.6) is 0 Å². The van der Waals surface area contributed by atoms with Crippen LogP contribution in [0.3, 0.4) is 0 Å². The van der Waals surface area contributed by atoms with Gasteiger partial charge >= 0.3 is 0 Å². The fraction of sp³-hybridized carbons (Fsp3) is 0.857. The Morgan fingerprint density at radius 2 is 2.12 bits per heavy atom. The van der Waals surface area contributed by atoms with E-state index in [0.29, 0.717) is 0 Å². The molecule has 1 unspecified atom stereocenters. The first-order valence-electron chi connectivity index (χ1n) is 6.89. The second-order valence-electron chi connectivity index (χ2n) is 5.61. The Balaban J connectivity index is 2.13. The predicted molar refractivity (Wildman–Crippen MR) is 74.5 cm³/mol. The molecule has 1 rings (SSSR count). The molecule has 0 N–H and O–H groups in total. The highest BCUT2D eigenvalue weighted by atomic mass is 28.3. The Bertz CT molecular complexity index is 259. The highest BCUT2D eigenvalue weighted by Gasteiger charge is 2.18. The average Bonchev–Trinajstić information content (AvgIpc) is 2.30. The fourth-order valence-electron chi connectivity index (χ4n) is 2.17. The maximum absolute atomic E-state index is 5.45. The SMILES string of the molecule is CCC[Si](C)(C)CCC#COC1CCCCO1. The number of ether oxygens (including phenoxy) is 2. The largest absolute Gasteiger partial charge is 0.414 e. The predicted octanol–water partition coefficient (Wildman–Crippen LogP) is 4.00. The van der Waals surface area contributed by atoms with Gasteiger partial charge in [-0.05, 0) is 18.9 Å². The molecule has 0 saturated carbocycles. The van der Waals surface area contributed by atoms with Gasteiger partial charge in [0.2, 0.25) is 6.29 Å². The van der Waals surface area contributed by atoms with Crippen LogP contribution in [0.2, 0.25) is 25.2 Å². The number of rotatable bonds is 5. The van der Waals surface area contributed by atoms with Crippen LogP contribution in [0.4, 0.5) is 0 Å². The Labute approximate surface area is 107 Å². The van der Waals surface area contributed by atoms with Crippen LogP contribution >= 0.6 is 0 Å². The van der Waals surface area contributed by atoms with E-state index in [1.54, 1.807) is 0 Å². The van der Waals surface area contributed by atoms with Gasteiger partial charge in [-0.2, -0.15) is 0 Å². The summed E-state index contributed by atoms with van der Waals surface area (Å²) in [5.41, 5.74) is 0. The first kappa shape index (κ1) is 14.6. The molecule has 2 nitrogen and oxygen atoms in total. The van der Waals surface area contributed by atoms with E-state index in [9.17, 15) is 0 Å². The summed E-state index contributed by atoms with van der Waals surface area (Å²) in [4.78, 5) is 0. The molecule has 1 fully saturated rings. The maximum Gasteiger partial charge on any atom is 0.210 e. The lowest BCUT2D eigenvalue weighted by Crippen LogP contribution is -2.23. The minimum Gasteiger partial charge on any atom is -0.414 e. The van der Waals surface area contributed by atoms with Gasteiger partial charge in [-0.15, -0.1) is 0 Å². The fourth-order valence-corrected chi connectivity index (χ4v) is 4.57. The Kier molecular flexibility index (Phi) is 6.68. The van der Waals surface area contributed by atoms with Gasteiger partial charge in [0.05, 0.1) is 6.61 Å². The van der Waals surface area contributed by atoms with Gasteiger partial charge in [-0.25, -0.2) is 0 Å². The van der Waals surface area contributed by atoms with Crippen LogP contribution < -0.4 is 0 Å². The summed E-state index contributed by atoms with van der Waals surface area (Å²) in [6, 6.07) is 2.68. The lowest BCUT2D eigenvalue weighted by molar-refractivity contribution is -0.121. The van der Waals surface area contributed by atoms with Crippen molar-refractivity contribution < 1.29 is 9.47 Å². The van der Waals surface area contributed by atoms with Crippen LogP contribution in [-0.2, 0) is 9.47 Å². The molecule has 3 heteroatoms. The van der Waals surface area contributed by atoms with Crippen molar-refractivity contribution in [3.05, 3.63) is 0 Å². The van der Waals surface area contributed by atoms with Crippen molar-refractivity contribution >= 4 is 8.07 Å². The van der Waals surface area contributed by atoms with E-state index in [0.717, 1.165) is 25.9 Å². The molecular weight excluding hydrogens is 228 g/mol. The van der Waals surface area contributed by atoms with Crippen molar-refractivity contribution in [2.75, 3.05) is 6.61 Å².